The summed E-state index contributed by atoms with van der Waals surface area (Å²) in [6.45, 7) is 12.2. The fourth-order valence-corrected chi connectivity index (χ4v) is 6.22. The molecular weight excluding hydrogens is 420 g/mol. The van der Waals surface area contributed by atoms with Crippen LogP contribution in [0.4, 0.5) is 4.79 Å². The average Bonchev–Trinajstić information content (AvgIpc) is 2.82. The number of amides is 1. The highest BCUT2D eigenvalue weighted by Crippen LogP contribution is 2.44. The first kappa shape index (κ1) is 23.4. The number of fused-ring (bicyclic) bond motifs is 4. The highest BCUT2D eigenvalue weighted by molar-refractivity contribution is 5.70. The van der Waals surface area contributed by atoms with Crippen LogP contribution < -0.4 is 5.32 Å². The minimum Gasteiger partial charge on any atom is -0.445 e. The summed E-state index contributed by atoms with van der Waals surface area (Å²) in [7, 11) is 0. The molecule has 2 atom stereocenters. The lowest BCUT2D eigenvalue weighted by Gasteiger charge is -2.44. The molecule has 3 heterocycles. The molecule has 6 rings (SSSR count). The molecule has 1 N–H and O–H groups in total. The van der Waals surface area contributed by atoms with E-state index >= 15 is 0 Å². The molecule has 0 spiro atoms. The van der Waals surface area contributed by atoms with Gasteiger partial charge in [0.2, 0.25) is 0 Å². The molecule has 0 saturated carbocycles. The van der Waals surface area contributed by atoms with E-state index in [0.29, 0.717) is 11.8 Å². The Kier molecular flexibility index (Phi) is 6.45. The number of nitrogens with zero attached hydrogens (tertiary/aromatic N) is 1. The van der Waals surface area contributed by atoms with Crippen molar-refractivity contribution in [3.8, 4) is 11.1 Å². The third kappa shape index (κ3) is 4.88. The van der Waals surface area contributed by atoms with E-state index in [9.17, 15) is 4.79 Å². The quantitative estimate of drug-likeness (QED) is 0.562. The molecule has 2 bridgehead atoms. The van der Waals surface area contributed by atoms with Crippen molar-refractivity contribution in [1.29, 1.82) is 0 Å². The molecule has 0 radical (unpaired) electrons. The lowest BCUT2D eigenvalue weighted by atomic mass is 9.70. The molecule has 2 aromatic rings. The predicted molar refractivity (Wildman–Crippen MR) is 138 cm³/mol. The third-order valence-corrected chi connectivity index (χ3v) is 8.32. The predicted octanol–water partition coefficient (Wildman–Crippen LogP) is 6.39. The van der Waals surface area contributed by atoms with Crippen molar-refractivity contribution in [3.63, 3.8) is 0 Å². The number of hydrogen-bond donors (Lipinski definition) is 1. The lowest BCUT2D eigenvalue weighted by molar-refractivity contribution is -0.0353. The van der Waals surface area contributed by atoms with Crippen molar-refractivity contribution >= 4 is 6.09 Å². The van der Waals surface area contributed by atoms with E-state index < -0.39 is 0 Å². The summed E-state index contributed by atoms with van der Waals surface area (Å²) in [5, 5.41) is 3.28. The third-order valence-electron chi connectivity index (χ3n) is 8.32. The number of rotatable bonds is 5. The van der Waals surface area contributed by atoms with Crippen LogP contribution in [0.5, 0.6) is 0 Å². The monoisotopic (exact) mass is 460 g/mol. The van der Waals surface area contributed by atoms with Gasteiger partial charge < -0.3 is 10.1 Å². The van der Waals surface area contributed by atoms with E-state index in [1.165, 1.54) is 27.8 Å². The molecular formula is C30H40N2O2. The zero-order chi connectivity index (χ0) is 23.9. The largest absolute Gasteiger partial charge is 0.445 e. The summed E-state index contributed by atoms with van der Waals surface area (Å²) in [5.41, 5.74) is 6.47. The summed E-state index contributed by atoms with van der Waals surface area (Å²) in [6.07, 6.45) is 5.27. The second-order valence-corrected chi connectivity index (χ2v) is 11.9. The highest BCUT2D eigenvalue weighted by atomic mass is 16.6. The molecule has 2 aromatic carbocycles. The van der Waals surface area contributed by atoms with Crippen molar-refractivity contribution in [2.24, 2.45) is 17.3 Å². The first-order valence-corrected chi connectivity index (χ1v) is 13.2. The minimum absolute atomic E-state index is 0.0128. The van der Waals surface area contributed by atoms with Gasteiger partial charge in [-0.2, -0.15) is 0 Å². The lowest BCUT2D eigenvalue weighted by Crippen LogP contribution is -2.53. The Hall–Kier alpha value is -2.33. The van der Waals surface area contributed by atoms with E-state index in [1.54, 1.807) is 0 Å². The van der Waals surface area contributed by atoms with Gasteiger partial charge >= 0.3 is 6.09 Å². The zero-order valence-electron chi connectivity index (χ0n) is 21.3. The maximum Gasteiger partial charge on any atom is 0.407 e. The van der Waals surface area contributed by atoms with Gasteiger partial charge in [0.25, 0.3) is 0 Å². The van der Waals surface area contributed by atoms with Gasteiger partial charge in [-0.25, -0.2) is 4.79 Å². The first-order valence-electron chi connectivity index (χ1n) is 13.2. The van der Waals surface area contributed by atoms with Crippen molar-refractivity contribution in [2.75, 3.05) is 19.6 Å². The van der Waals surface area contributed by atoms with Gasteiger partial charge in [-0.05, 0) is 90.3 Å². The van der Waals surface area contributed by atoms with Crippen LogP contribution in [0.2, 0.25) is 0 Å². The van der Waals surface area contributed by atoms with E-state index in [1.807, 2.05) is 0 Å². The number of aryl methyl sites for hydroxylation is 1. The Morgan fingerprint density at radius 3 is 2.44 bits per heavy atom. The Bertz CT molecular complexity index is 1020. The summed E-state index contributed by atoms with van der Waals surface area (Å²) >= 11 is 0. The van der Waals surface area contributed by atoms with E-state index in [-0.39, 0.29) is 23.7 Å². The minimum atomic E-state index is -0.255. The van der Waals surface area contributed by atoms with Gasteiger partial charge in [0.1, 0.15) is 6.10 Å². The van der Waals surface area contributed by atoms with Crippen LogP contribution in [0.15, 0.2) is 42.5 Å². The molecule has 1 aliphatic carbocycles. The van der Waals surface area contributed by atoms with E-state index in [4.69, 9.17) is 4.74 Å². The van der Waals surface area contributed by atoms with Gasteiger partial charge in [0.05, 0.1) is 6.04 Å². The molecule has 4 aliphatic rings. The Balaban J connectivity index is 1.32. The number of carbonyl (C=O) groups is 1. The standard InChI is InChI=1S/C30H40N2O2/c1-20(2)17-21-5-7-22(8-6-21)24-9-10-26-25(18-24)11-14-30(3,4)28(26)31-29(33)34-27-19-32-15-12-23(27)13-16-32/h5-10,18,20,23,27-28H,11-17,19H2,1-4H3,(H,31,33)/t27-,28-/m0/s1. The summed E-state index contributed by atoms with van der Waals surface area (Å²) in [5.74, 6) is 1.19. The molecule has 4 nitrogen and oxygen atoms in total. The molecule has 1 amide bonds. The summed E-state index contributed by atoms with van der Waals surface area (Å²) in [6, 6.07) is 15.7. The first-order chi connectivity index (χ1) is 16.3. The number of hydrogen-bond acceptors (Lipinski definition) is 3. The van der Waals surface area contributed by atoms with Crippen LogP contribution in [-0.4, -0.2) is 36.7 Å². The Labute approximate surface area is 205 Å². The maximum atomic E-state index is 13.0. The van der Waals surface area contributed by atoms with E-state index in [0.717, 1.165) is 51.7 Å². The van der Waals surface area contributed by atoms with Crippen LogP contribution in [0.25, 0.3) is 11.1 Å². The maximum absolute atomic E-state index is 13.0. The van der Waals surface area contributed by atoms with Crippen LogP contribution >= 0.6 is 0 Å². The number of ether oxygens (including phenoxy) is 1. The number of benzene rings is 2. The molecule has 0 unspecified atom stereocenters. The van der Waals surface area contributed by atoms with Gasteiger partial charge in [0, 0.05) is 6.54 Å². The van der Waals surface area contributed by atoms with Crippen LogP contribution in [0, 0.1) is 17.3 Å². The van der Waals surface area contributed by atoms with Crippen molar-refractivity contribution in [2.45, 2.75) is 71.9 Å². The van der Waals surface area contributed by atoms with Crippen LogP contribution in [-0.2, 0) is 17.6 Å². The molecule has 182 valence electrons. The molecule has 3 saturated heterocycles. The fraction of sp³-hybridized carbons (Fsp3) is 0.567. The number of piperidine rings is 3. The van der Waals surface area contributed by atoms with Gasteiger partial charge in [-0.1, -0.05) is 70.2 Å². The van der Waals surface area contributed by atoms with Crippen LogP contribution in [0.3, 0.4) is 0 Å². The number of carbonyl (C=O) groups excluding carboxylic acids is 1. The van der Waals surface area contributed by atoms with Crippen molar-refractivity contribution in [1.82, 2.24) is 10.2 Å². The second kappa shape index (κ2) is 9.37. The SMILES string of the molecule is CC(C)Cc1ccc(-c2ccc3c(c2)CCC(C)(C)[C@H]3NC(=O)O[C@H]2CN3CCC2CC3)cc1. The smallest absolute Gasteiger partial charge is 0.407 e. The highest BCUT2D eigenvalue weighted by Gasteiger charge is 2.40. The number of alkyl carbamates (subject to hydrolysis) is 1. The molecule has 4 heteroatoms. The molecule has 3 fully saturated rings. The van der Waals surface area contributed by atoms with Crippen molar-refractivity contribution < 1.29 is 9.53 Å². The summed E-state index contributed by atoms with van der Waals surface area (Å²) < 4.78 is 5.98. The topological polar surface area (TPSA) is 41.6 Å². The number of nitrogens with one attached hydrogen (secondary N) is 1. The van der Waals surface area contributed by atoms with Gasteiger partial charge in [0.15, 0.2) is 0 Å². The second-order valence-electron chi connectivity index (χ2n) is 11.9. The van der Waals surface area contributed by atoms with Gasteiger partial charge in [-0.3, -0.25) is 4.90 Å². The Morgan fingerprint density at radius 1 is 1.09 bits per heavy atom. The molecule has 34 heavy (non-hydrogen) atoms. The molecule has 3 aliphatic heterocycles. The average molecular weight is 461 g/mol. The normalized spacial score (nSPS) is 27.3. The van der Waals surface area contributed by atoms with Gasteiger partial charge in [-0.15, -0.1) is 0 Å². The fourth-order valence-electron chi connectivity index (χ4n) is 6.22. The summed E-state index contributed by atoms with van der Waals surface area (Å²) in [4.78, 5) is 15.4. The van der Waals surface area contributed by atoms with Crippen molar-refractivity contribution in [3.05, 3.63) is 59.2 Å². The van der Waals surface area contributed by atoms with Crippen LogP contribution in [0.1, 0.15) is 69.7 Å². The zero-order valence-corrected chi connectivity index (χ0v) is 21.3. The molecule has 0 aromatic heterocycles. The Morgan fingerprint density at radius 2 is 1.79 bits per heavy atom. The van der Waals surface area contributed by atoms with E-state index in [2.05, 4.69) is 80.4 Å².